The van der Waals surface area contributed by atoms with Gasteiger partial charge in [0.05, 0.1) is 6.04 Å². The van der Waals surface area contributed by atoms with Crippen molar-refractivity contribution in [1.82, 2.24) is 10.4 Å². The van der Waals surface area contributed by atoms with Crippen molar-refractivity contribution in [2.45, 2.75) is 13.0 Å². The van der Waals surface area contributed by atoms with E-state index in [2.05, 4.69) is 10.4 Å². The van der Waals surface area contributed by atoms with Crippen molar-refractivity contribution >= 4 is 10.8 Å². The lowest BCUT2D eigenvalue weighted by Gasteiger charge is -2.19. The standard InChI is InChI=1S/C17H16FN3/c1-11-7-13(9-14(18)8-11)17(21-19)16-4-2-3-12-10-20-6-5-15(12)16/h2-10,17,21H,19H2,1H3. The van der Waals surface area contributed by atoms with Gasteiger partial charge < -0.3 is 0 Å². The number of pyridine rings is 1. The Morgan fingerprint density at radius 2 is 2.05 bits per heavy atom. The average molecular weight is 281 g/mol. The summed E-state index contributed by atoms with van der Waals surface area (Å²) in [6.45, 7) is 1.87. The SMILES string of the molecule is Cc1cc(F)cc(C(NN)c2cccc3cnccc23)c1. The van der Waals surface area contributed by atoms with Crippen LogP contribution in [0.4, 0.5) is 4.39 Å². The van der Waals surface area contributed by atoms with E-state index in [9.17, 15) is 4.39 Å². The molecule has 3 rings (SSSR count). The van der Waals surface area contributed by atoms with Gasteiger partial charge in [-0.1, -0.05) is 24.3 Å². The van der Waals surface area contributed by atoms with Crippen molar-refractivity contribution in [2.24, 2.45) is 5.84 Å². The number of rotatable bonds is 3. The molecule has 0 fully saturated rings. The van der Waals surface area contributed by atoms with Crippen LogP contribution in [-0.4, -0.2) is 4.98 Å². The third-order valence-corrected chi connectivity index (χ3v) is 3.59. The van der Waals surface area contributed by atoms with E-state index >= 15 is 0 Å². The number of fused-ring (bicyclic) bond motifs is 1. The molecule has 1 atom stereocenters. The van der Waals surface area contributed by atoms with Gasteiger partial charge in [0.2, 0.25) is 0 Å². The predicted molar refractivity (Wildman–Crippen MR) is 82.0 cm³/mol. The highest BCUT2D eigenvalue weighted by Crippen LogP contribution is 2.29. The van der Waals surface area contributed by atoms with Gasteiger partial charge in [-0.15, -0.1) is 0 Å². The molecule has 106 valence electrons. The smallest absolute Gasteiger partial charge is 0.123 e. The van der Waals surface area contributed by atoms with Crippen LogP contribution >= 0.6 is 0 Å². The molecule has 1 heterocycles. The Kier molecular flexibility index (Phi) is 3.64. The van der Waals surface area contributed by atoms with Crippen LogP contribution < -0.4 is 11.3 Å². The molecule has 3 aromatic rings. The molecule has 0 saturated heterocycles. The Labute approximate surface area is 122 Å². The molecule has 0 aliphatic rings. The zero-order valence-corrected chi connectivity index (χ0v) is 11.7. The van der Waals surface area contributed by atoms with E-state index in [1.165, 1.54) is 12.1 Å². The summed E-state index contributed by atoms with van der Waals surface area (Å²) >= 11 is 0. The summed E-state index contributed by atoms with van der Waals surface area (Å²) in [7, 11) is 0. The molecule has 21 heavy (non-hydrogen) atoms. The highest BCUT2D eigenvalue weighted by Gasteiger charge is 2.16. The molecular formula is C17H16FN3. The first-order valence-corrected chi connectivity index (χ1v) is 6.75. The minimum Gasteiger partial charge on any atom is -0.271 e. The Morgan fingerprint density at radius 1 is 1.19 bits per heavy atom. The zero-order valence-electron chi connectivity index (χ0n) is 11.7. The van der Waals surface area contributed by atoms with Gasteiger partial charge in [0.25, 0.3) is 0 Å². The molecule has 2 aromatic carbocycles. The maximum absolute atomic E-state index is 13.7. The Bertz CT molecular complexity index is 760. The summed E-state index contributed by atoms with van der Waals surface area (Å²) in [5, 5.41) is 2.08. The lowest BCUT2D eigenvalue weighted by atomic mass is 9.94. The van der Waals surface area contributed by atoms with E-state index in [4.69, 9.17) is 5.84 Å². The molecule has 3 N–H and O–H groups in total. The number of hydrogen-bond donors (Lipinski definition) is 2. The fourth-order valence-corrected chi connectivity index (χ4v) is 2.70. The molecule has 0 saturated carbocycles. The summed E-state index contributed by atoms with van der Waals surface area (Å²) in [5.41, 5.74) is 5.47. The van der Waals surface area contributed by atoms with Gasteiger partial charge in [0.15, 0.2) is 0 Å². The van der Waals surface area contributed by atoms with Crippen LogP contribution in [0, 0.1) is 12.7 Å². The molecule has 0 bridgehead atoms. The third-order valence-electron chi connectivity index (χ3n) is 3.59. The fraction of sp³-hybridized carbons (Fsp3) is 0.118. The second-order valence-electron chi connectivity index (χ2n) is 5.11. The minimum absolute atomic E-state index is 0.257. The highest BCUT2D eigenvalue weighted by atomic mass is 19.1. The first-order chi connectivity index (χ1) is 10.2. The molecule has 0 amide bonds. The van der Waals surface area contributed by atoms with Gasteiger partial charge in [0.1, 0.15) is 5.82 Å². The van der Waals surface area contributed by atoms with Crippen molar-refractivity contribution in [1.29, 1.82) is 0 Å². The quantitative estimate of drug-likeness (QED) is 0.572. The molecule has 1 aromatic heterocycles. The van der Waals surface area contributed by atoms with Crippen molar-refractivity contribution in [3.63, 3.8) is 0 Å². The minimum atomic E-state index is -0.273. The number of benzene rings is 2. The monoisotopic (exact) mass is 281 g/mol. The molecule has 0 spiro atoms. The zero-order chi connectivity index (χ0) is 14.8. The number of nitrogens with one attached hydrogen (secondary N) is 1. The molecule has 4 heteroatoms. The van der Waals surface area contributed by atoms with E-state index in [-0.39, 0.29) is 11.9 Å². The summed E-state index contributed by atoms with van der Waals surface area (Å²) in [5.74, 6) is 5.48. The molecule has 0 radical (unpaired) electrons. The van der Waals surface area contributed by atoms with Crippen molar-refractivity contribution in [3.8, 4) is 0 Å². The van der Waals surface area contributed by atoms with Crippen LogP contribution in [0.3, 0.4) is 0 Å². The summed E-state index contributed by atoms with van der Waals surface area (Å²) < 4.78 is 13.7. The second-order valence-corrected chi connectivity index (χ2v) is 5.11. The first kappa shape index (κ1) is 13.7. The maximum atomic E-state index is 13.7. The number of nitrogens with zero attached hydrogens (tertiary/aromatic N) is 1. The largest absolute Gasteiger partial charge is 0.271 e. The van der Waals surface area contributed by atoms with Crippen LogP contribution in [0.15, 0.2) is 54.9 Å². The van der Waals surface area contributed by atoms with Crippen LogP contribution in [0.1, 0.15) is 22.7 Å². The van der Waals surface area contributed by atoms with Gasteiger partial charge >= 0.3 is 0 Å². The van der Waals surface area contributed by atoms with E-state index in [0.717, 1.165) is 27.5 Å². The molecular weight excluding hydrogens is 265 g/mol. The van der Waals surface area contributed by atoms with Crippen molar-refractivity contribution in [2.75, 3.05) is 0 Å². The van der Waals surface area contributed by atoms with E-state index in [1.807, 2.05) is 43.5 Å². The van der Waals surface area contributed by atoms with Crippen LogP contribution in [0.25, 0.3) is 10.8 Å². The average Bonchev–Trinajstić information content (AvgIpc) is 2.47. The Hall–Kier alpha value is -2.30. The van der Waals surface area contributed by atoms with Crippen LogP contribution in [0.2, 0.25) is 0 Å². The molecule has 0 aliphatic heterocycles. The number of aromatic nitrogens is 1. The van der Waals surface area contributed by atoms with Crippen LogP contribution in [0.5, 0.6) is 0 Å². The number of nitrogens with two attached hydrogens (primary N) is 1. The number of hydrogen-bond acceptors (Lipinski definition) is 3. The normalized spacial score (nSPS) is 12.5. The second kappa shape index (κ2) is 5.60. The topological polar surface area (TPSA) is 50.9 Å². The lowest BCUT2D eigenvalue weighted by Crippen LogP contribution is -2.29. The predicted octanol–water partition coefficient (Wildman–Crippen LogP) is 3.24. The van der Waals surface area contributed by atoms with Gasteiger partial charge in [-0.25, -0.2) is 9.82 Å². The van der Waals surface area contributed by atoms with Gasteiger partial charge in [0, 0.05) is 17.8 Å². The molecule has 3 nitrogen and oxygen atoms in total. The first-order valence-electron chi connectivity index (χ1n) is 6.75. The summed E-state index contributed by atoms with van der Waals surface area (Å²) in [6, 6.07) is 12.6. The fourth-order valence-electron chi connectivity index (χ4n) is 2.70. The molecule has 1 unspecified atom stereocenters. The van der Waals surface area contributed by atoms with E-state index < -0.39 is 0 Å². The molecule has 0 aliphatic carbocycles. The van der Waals surface area contributed by atoms with Crippen molar-refractivity contribution in [3.05, 3.63) is 77.4 Å². The highest BCUT2D eigenvalue weighted by molar-refractivity contribution is 5.85. The van der Waals surface area contributed by atoms with E-state index in [1.54, 1.807) is 6.20 Å². The Morgan fingerprint density at radius 3 is 2.81 bits per heavy atom. The lowest BCUT2D eigenvalue weighted by molar-refractivity contribution is 0.605. The number of halogens is 1. The van der Waals surface area contributed by atoms with Gasteiger partial charge in [-0.2, -0.15) is 0 Å². The number of hydrazine groups is 1. The van der Waals surface area contributed by atoms with Crippen LogP contribution in [-0.2, 0) is 0 Å². The van der Waals surface area contributed by atoms with Crippen molar-refractivity contribution < 1.29 is 4.39 Å². The third kappa shape index (κ3) is 2.63. The van der Waals surface area contributed by atoms with Gasteiger partial charge in [-0.3, -0.25) is 10.8 Å². The summed E-state index contributed by atoms with van der Waals surface area (Å²) in [4.78, 5) is 4.13. The maximum Gasteiger partial charge on any atom is 0.123 e. The number of aryl methyl sites for hydroxylation is 1. The summed E-state index contributed by atoms with van der Waals surface area (Å²) in [6.07, 6.45) is 3.56. The van der Waals surface area contributed by atoms with E-state index in [0.29, 0.717) is 0 Å². The van der Waals surface area contributed by atoms with Gasteiger partial charge in [-0.05, 0) is 47.2 Å². The Balaban J connectivity index is 2.18.